The molecule has 0 unspecified atom stereocenters. The fourth-order valence-electron chi connectivity index (χ4n) is 2.35. The number of hydrogen-bond donors (Lipinski definition) is 1. The average Bonchev–Trinajstić information content (AvgIpc) is 2.98. The standard InChI is InChI=1S/C16H18N2O6S/c1-10-7-13(18-24-10)9-25(20,21)11(2)16(19)17-12-3-4-14-15(8-12)23-6-5-22-14/h3-4,7-8,11H,5-6,9H2,1-2H3,(H,17,19)/t11-/m0/s1. The number of ether oxygens (including phenoxy) is 2. The smallest absolute Gasteiger partial charge is 0.242 e. The largest absolute Gasteiger partial charge is 0.486 e. The second-order valence-electron chi connectivity index (χ2n) is 5.73. The Morgan fingerprint density at radius 2 is 1.96 bits per heavy atom. The van der Waals surface area contributed by atoms with Gasteiger partial charge in [0.25, 0.3) is 0 Å². The van der Waals surface area contributed by atoms with Crippen molar-refractivity contribution in [2.75, 3.05) is 18.5 Å². The number of rotatable bonds is 5. The maximum Gasteiger partial charge on any atom is 0.242 e. The molecule has 3 rings (SSSR count). The fraction of sp³-hybridized carbons (Fsp3) is 0.375. The molecule has 0 bridgehead atoms. The summed E-state index contributed by atoms with van der Waals surface area (Å²) in [7, 11) is -3.73. The van der Waals surface area contributed by atoms with E-state index in [2.05, 4.69) is 10.5 Å². The van der Waals surface area contributed by atoms with Crippen molar-refractivity contribution >= 4 is 21.4 Å². The van der Waals surface area contributed by atoms with E-state index >= 15 is 0 Å². The van der Waals surface area contributed by atoms with Gasteiger partial charge in [-0.1, -0.05) is 5.16 Å². The highest BCUT2D eigenvalue weighted by Crippen LogP contribution is 2.32. The molecule has 9 heteroatoms. The van der Waals surface area contributed by atoms with Crippen LogP contribution in [-0.4, -0.2) is 37.9 Å². The van der Waals surface area contributed by atoms with E-state index in [9.17, 15) is 13.2 Å². The van der Waals surface area contributed by atoms with Crippen LogP contribution >= 0.6 is 0 Å². The van der Waals surface area contributed by atoms with Gasteiger partial charge in [-0.25, -0.2) is 8.42 Å². The van der Waals surface area contributed by atoms with Gasteiger partial charge in [0.2, 0.25) is 5.91 Å². The van der Waals surface area contributed by atoms with Crippen LogP contribution in [0, 0.1) is 6.92 Å². The van der Waals surface area contributed by atoms with E-state index in [1.165, 1.54) is 13.0 Å². The normalized spacial score (nSPS) is 14.8. The number of fused-ring (bicyclic) bond motifs is 1. The van der Waals surface area contributed by atoms with Gasteiger partial charge in [-0.2, -0.15) is 0 Å². The summed E-state index contributed by atoms with van der Waals surface area (Å²) in [6.07, 6.45) is 0. The molecule has 1 aliphatic rings. The van der Waals surface area contributed by atoms with E-state index in [4.69, 9.17) is 14.0 Å². The van der Waals surface area contributed by atoms with Gasteiger partial charge in [0.15, 0.2) is 21.3 Å². The first-order valence-electron chi connectivity index (χ1n) is 7.69. The molecule has 0 fully saturated rings. The summed E-state index contributed by atoms with van der Waals surface area (Å²) in [5.74, 6) is 0.625. The number of anilines is 1. The van der Waals surface area contributed by atoms with Gasteiger partial charge in [0.1, 0.15) is 24.2 Å². The predicted octanol–water partition coefficient (Wildman–Crippen LogP) is 1.70. The van der Waals surface area contributed by atoms with Crippen molar-refractivity contribution in [3.63, 3.8) is 0 Å². The van der Waals surface area contributed by atoms with Crippen molar-refractivity contribution < 1.29 is 27.2 Å². The van der Waals surface area contributed by atoms with Crippen molar-refractivity contribution in [3.8, 4) is 11.5 Å². The zero-order valence-electron chi connectivity index (χ0n) is 13.8. The zero-order valence-corrected chi connectivity index (χ0v) is 14.6. The van der Waals surface area contributed by atoms with Gasteiger partial charge in [-0.05, 0) is 26.0 Å². The third-order valence-corrected chi connectivity index (χ3v) is 5.73. The quantitative estimate of drug-likeness (QED) is 0.858. The van der Waals surface area contributed by atoms with Crippen LogP contribution in [0.5, 0.6) is 11.5 Å². The Kier molecular flexibility index (Phi) is 4.67. The Morgan fingerprint density at radius 1 is 1.24 bits per heavy atom. The number of carbonyl (C=O) groups excluding carboxylic acids is 1. The van der Waals surface area contributed by atoms with Crippen LogP contribution in [0.15, 0.2) is 28.8 Å². The van der Waals surface area contributed by atoms with Crippen LogP contribution in [-0.2, 0) is 20.4 Å². The maximum atomic E-state index is 12.4. The molecular weight excluding hydrogens is 348 g/mol. The molecule has 0 aliphatic carbocycles. The lowest BCUT2D eigenvalue weighted by Gasteiger charge is -2.19. The molecule has 1 N–H and O–H groups in total. The summed E-state index contributed by atoms with van der Waals surface area (Å²) in [5.41, 5.74) is 0.713. The predicted molar refractivity (Wildman–Crippen MR) is 89.4 cm³/mol. The van der Waals surface area contributed by atoms with Crippen molar-refractivity contribution in [1.29, 1.82) is 0 Å². The number of hydrogen-bond acceptors (Lipinski definition) is 7. The molecule has 1 aliphatic heterocycles. The van der Waals surface area contributed by atoms with E-state index in [0.29, 0.717) is 36.2 Å². The minimum Gasteiger partial charge on any atom is -0.486 e. The van der Waals surface area contributed by atoms with Crippen LogP contribution in [0.1, 0.15) is 18.4 Å². The van der Waals surface area contributed by atoms with Gasteiger partial charge in [0.05, 0.1) is 11.4 Å². The molecule has 8 nitrogen and oxygen atoms in total. The van der Waals surface area contributed by atoms with Gasteiger partial charge >= 0.3 is 0 Å². The topological polar surface area (TPSA) is 108 Å². The Labute approximate surface area is 145 Å². The van der Waals surface area contributed by atoms with Gasteiger partial charge in [-0.3, -0.25) is 4.79 Å². The van der Waals surface area contributed by atoms with Crippen LogP contribution in [0.2, 0.25) is 0 Å². The van der Waals surface area contributed by atoms with E-state index in [-0.39, 0.29) is 11.4 Å². The van der Waals surface area contributed by atoms with Gasteiger partial charge in [0, 0.05) is 17.8 Å². The van der Waals surface area contributed by atoms with E-state index in [1.54, 1.807) is 25.1 Å². The highest BCUT2D eigenvalue weighted by molar-refractivity contribution is 7.92. The first kappa shape index (κ1) is 17.3. The molecule has 0 radical (unpaired) electrons. The van der Waals surface area contributed by atoms with E-state index in [0.717, 1.165) is 0 Å². The highest BCUT2D eigenvalue weighted by atomic mass is 32.2. The Morgan fingerprint density at radius 3 is 2.64 bits per heavy atom. The number of nitrogens with one attached hydrogen (secondary N) is 1. The zero-order chi connectivity index (χ0) is 18.0. The number of benzene rings is 1. The minimum absolute atomic E-state index is 0.275. The van der Waals surface area contributed by atoms with Crippen molar-refractivity contribution in [1.82, 2.24) is 5.16 Å². The monoisotopic (exact) mass is 366 g/mol. The first-order chi connectivity index (χ1) is 11.8. The Balaban J connectivity index is 1.69. The Bertz CT molecular complexity index is 890. The summed E-state index contributed by atoms with van der Waals surface area (Å²) in [6.45, 7) is 3.90. The van der Waals surface area contributed by atoms with Gasteiger partial charge in [-0.15, -0.1) is 0 Å². The maximum absolute atomic E-state index is 12.4. The van der Waals surface area contributed by atoms with Crippen molar-refractivity contribution in [2.24, 2.45) is 0 Å². The summed E-state index contributed by atoms with van der Waals surface area (Å²) >= 11 is 0. The lowest BCUT2D eigenvalue weighted by atomic mass is 10.2. The molecule has 1 atom stereocenters. The number of aryl methyl sites for hydroxylation is 1. The lowest BCUT2D eigenvalue weighted by molar-refractivity contribution is -0.115. The number of aromatic nitrogens is 1. The molecule has 1 aromatic carbocycles. The van der Waals surface area contributed by atoms with Crippen LogP contribution in [0.4, 0.5) is 5.69 Å². The molecular formula is C16H18N2O6S. The molecule has 1 amide bonds. The van der Waals surface area contributed by atoms with Crippen LogP contribution < -0.4 is 14.8 Å². The van der Waals surface area contributed by atoms with E-state index in [1.807, 2.05) is 0 Å². The fourth-order valence-corrected chi connectivity index (χ4v) is 3.53. The van der Waals surface area contributed by atoms with Crippen LogP contribution in [0.25, 0.3) is 0 Å². The lowest BCUT2D eigenvalue weighted by Crippen LogP contribution is -2.33. The molecule has 1 aromatic heterocycles. The SMILES string of the molecule is Cc1cc(CS(=O)(=O)[C@@H](C)C(=O)Nc2ccc3c(c2)OCCO3)no1. The third kappa shape index (κ3) is 3.93. The van der Waals surface area contributed by atoms with Crippen molar-refractivity contribution in [2.45, 2.75) is 24.9 Å². The molecule has 0 saturated heterocycles. The van der Waals surface area contributed by atoms with Gasteiger partial charge < -0.3 is 19.3 Å². The summed E-state index contributed by atoms with van der Waals surface area (Å²) in [5, 5.41) is 5.01. The molecule has 134 valence electrons. The Hall–Kier alpha value is -2.55. The second kappa shape index (κ2) is 6.75. The molecule has 0 spiro atoms. The summed E-state index contributed by atoms with van der Waals surface area (Å²) < 4.78 is 40.5. The molecule has 25 heavy (non-hydrogen) atoms. The average molecular weight is 366 g/mol. The number of sulfone groups is 1. The third-order valence-electron chi connectivity index (χ3n) is 3.74. The van der Waals surface area contributed by atoms with Crippen LogP contribution in [0.3, 0.4) is 0 Å². The van der Waals surface area contributed by atoms with E-state index < -0.39 is 21.0 Å². The number of carbonyl (C=O) groups is 1. The molecule has 0 saturated carbocycles. The highest BCUT2D eigenvalue weighted by Gasteiger charge is 2.29. The number of amides is 1. The second-order valence-corrected chi connectivity index (χ2v) is 8.05. The summed E-state index contributed by atoms with van der Waals surface area (Å²) in [4.78, 5) is 12.3. The molecule has 2 aromatic rings. The minimum atomic E-state index is -3.73. The first-order valence-corrected chi connectivity index (χ1v) is 9.41. The summed E-state index contributed by atoms with van der Waals surface area (Å²) in [6, 6.07) is 6.43. The van der Waals surface area contributed by atoms with Crippen molar-refractivity contribution in [3.05, 3.63) is 35.7 Å². The molecule has 2 heterocycles. The number of nitrogens with zero attached hydrogens (tertiary/aromatic N) is 1.